The van der Waals surface area contributed by atoms with E-state index in [1.54, 1.807) is 0 Å². The van der Waals surface area contributed by atoms with Gasteiger partial charge in [0.15, 0.2) is 11.5 Å². The van der Waals surface area contributed by atoms with E-state index in [0.29, 0.717) is 13.1 Å². The zero-order chi connectivity index (χ0) is 16.5. The Morgan fingerprint density at radius 2 is 1.14 bits per heavy atom. The van der Waals surface area contributed by atoms with E-state index in [-0.39, 0.29) is 34.5 Å². The second-order valence-electron chi connectivity index (χ2n) is 5.04. The molecular weight excluding hydrogens is 284 g/mol. The Bertz CT molecular complexity index is 437. The van der Waals surface area contributed by atoms with Crippen LogP contribution in [0.1, 0.15) is 39.5 Å². The van der Waals surface area contributed by atoms with Gasteiger partial charge in [0.05, 0.1) is 14.2 Å². The van der Waals surface area contributed by atoms with Crippen LogP contribution in [0, 0.1) is 0 Å². The summed E-state index contributed by atoms with van der Waals surface area (Å²) in [7, 11) is 2.78. The van der Waals surface area contributed by atoms with Crippen LogP contribution in [0.5, 0.6) is 0 Å². The van der Waals surface area contributed by atoms with Crippen molar-refractivity contribution in [3.8, 4) is 0 Å². The number of hydrogen-bond acceptors (Lipinski definition) is 6. The molecular formula is C16H26N2O4. The summed E-state index contributed by atoms with van der Waals surface area (Å²) in [6, 6.07) is 0. The largest absolute Gasteiger partial charge is 0.491 e. The number of hydrogen-bond donors (Lipinski definition) is 2. The molecule has 2 N–H and O–H groups in total. The average Bonchev–Trinajstić information content (AvgIpc) is 2.52. The molecule has 1 aliphatic rings. The second-order valence-corrected chi connectivity index (χ2v) is 5.04. The number of methoxy groups -OCH3 is 2. The van der Waals surface area contributed by atoms with Crippen molar-refractivity contribution in [3.05, 3.63) is 22.9 Å². The van der Waals surface area contributed by atoms with Crippen molar-refractivity contribution < 1.29 is 19.1 Å². The number of nitrogens with one attached hydrogen (secondary N) is 2. The molecule has 124 valence electrons. The van der Waals surface area contributed by atoms with Crippen molar-refractivity contribution in [3.63, 3.8) is 0 Å². The predicted octanol–water partition coefficient (Wildman–Crippen LogP) is 1.63. The van der Waals surface area contributed by atoms with Gasteiger partial charge in [-0.05, 0) is 12.8 Å². The quantitative estimate of drug-likeness (QED) is 0.472. The van der Waals surface area contributed by atoms with Gasteiger partial charge in [-0.25, -0.2) is 0 Å². The molecule has 1 rings (SSSR count). The van der Waals surface area contributed by atoms with Gasteiger partial charge in [-0.3, -0.25) is 9.59 Å². The Hall–Kier alpha value is -1.98. The van der Waals surface area contributed by atoms with E-state index >= 15 is 0 Å². The molecule has 0 aromatic heterocycles. The molecule has 0 saturated heterocycles. The van der Waals surface area contributed by atoms with E-state index in [1.807, 2.05) is 0 Å². The molecule has 6 heteroatoms. The molecule has 0 radical (unpaired) electrons. The van der Waals surface area contributed by atoms with Gasteiger partial charge < -0.3 is 20.1 Å². The van der Waals surface area contributed by atoms with Crippen molar-refractivity contribution in [2.45, 2.75) is 39.5 Å². The van der Waals surface area contributed by atoms with Gasteiger partial charge >= 0.3 is 0 Å². The van der Waals surface area contributed by atoms with Crippen LogP contribution in [0.2, 0.25) is 0 Å². The summed E-state index contributed by atoms with van der Waals surface area (Å²) in [5.74, 6) is -0.620. The van der Waals surface area contributed by atoms with Crippen molar-refractivity contribution in [2.75, 3.05) is 27.3 Å². The summed E-state index contributed by atoms with van der Waals surface area (Å²) in [5.41, 5.74) is 0.359. The van der Waals surface area contributed by atoms with Crippen LogP contribution in [-0.2, 0) is 19.1 Å². The summed E-state index contributed by atoms with van der Waals surface area (Å²) >= 11 is 0. The molecule has 0 amide bonds. The number of carbonyl (C=O) groups is 2. The maximum Gasteiger partial charge on any atom is 0.249 e. The Morgan fingerprint density at radius 3 is 1.41 bits per heavy atom. The fraction of sp³-hybridized carbons (Fsp3) is 0.625. The Labute approximate surface area is 131 Å². The number of rotatable bonds is 10. The number of unbranched alkanes of at least 4 members (excludes halogenated alkanes) is 2. The third-order valence-corrected chi connectivity index (χ3v) is 3.39. The fourth-order valence-corrected chi connectivity index (χ4v) is 2.15. The second kappa shape index (κ2) is 9.12. The summed E-state index contributed by atoms with van der Waals surface area (Å²) < 4.78 is 10.3. The van der Waals surface area contributed by atoms with E-state index in [0.717, 1.165) is 25.7 Å². The summed E-state index contributed by atoms with van der Waals surface area (Å²) in [4.78, 5) is 25.1. The van der Waals surface area contributed by atoms with Gasteiger partial charge in [0, 0.05) is 13.1 Å². The first-order valence-electron chi connectivity index (χ1n) is 7.75. The highest BCUT2D eigenvalue weighted by Crippen LogP contribution is 2.23. The minimum atomic E-state index is -0.353. The molecule has 0 bridgehead atoms. The topological polar surface area (TPSA) is 76.7 Å². The van der Waals surface area contributed by atoms with Crippen LogP contribution in [0.25, 0.3) is 0 Å². The molecule has 0 spiro atoms. The van der Waals surface area contributed by atoms with Crippen molar-refractivity contribution in [1.29, 1.82) is 0 Å². The Morgan fingerprint density at radius 1 is 0.773 bits per heavy atom. The smallest absolute Gasteiger partial charge is 0.249 e. The molecule has 0 fully saturated rings. The highest BCUT2D eigenvalue weighted by atomic mass is 16.5. The Kier molecular flexibility index (Phi) is 7.49. The maximum atomic E-state index is 12.5. The molecule has 0 aromatic carbocycles. The highest BCUT2D eigenvalue weighted by Gasteiger charge is 2.36. The molecule has 0 atom stereocenters. The van der Waals surface area contributed by atoms with E-state index in [1.165, 1.54) is 14.2 Å². The van der Waals surface area contributed by atoms with Crippen LogP contribution in [0.4, 0.5) is 0 Å². The zero-order valence-corrected chi connectivity index (χ0v) is 13.9. The third-order valence-electron chi connectivity index (χ3n) is 3.39. The van der Waals surface area contributed by atoms with Crippen LogP contribution in [-0.4, -0.2) is 38.9 Å². The summed E-state index contributed by atoms with van der Waals surface area (Å²) in [6.45, 7) is 5.31. The van der Waals surface area contributed by atoms with Gasteiger partial charge in [-0.2, -0.15) is 0 Å². The molecule has 22 heavy (non-hydrogen) atoms. The fourth-order valence-electron chi connectivity index (χ4n) is 2.15. The first-order valence-corrected chi connectivity index (χ1v) is 7.75. The molecule has 0 saturated carbocycles. The van der Waals surface area contributed by atoms with E-state index < -0.39 is 0 Å². The lowest BCUT2D eigenvalue weighted by molar-refractivity contribution is -0.121. The lowest BCUT2D eigenvalue weighted by Crippen LogP contribution is -2.37. The predicted molar refractivity (Wildman–Crippen MR) is 83.9 cm³/mol. The van der Waals surface area contributed by atoms with Crippen molar-refractivity contribution in [2.24, 2.45) is 0 Å². The number of ketones is 2. The molecule has 6 nitrogen and oxygen atoms in total. The van der Waals surface area contributed by atoms with Gasteiger partial charge in [0.1, 0.15) is 11.4 Å². The van der Waals surface area contributed by atoms with E-state index in [4.69, 9.17) is 9.47 Å². The third kappa shape index (κ3) is 4.02. The number of carbonyl (C=O) groups excluding carboxylic acids is 2. The van der Waals surface area contributed by atoms with E-state index in [9.17, 15) is 9.59 Å². The van der Waals surface area contributed by atoms with Gasteiger partial charge in [0.25, 0.3) is 0 Å². The minimum Gasteiger partial charge on any atom is -0.491 e. The Balaban J connectivity index is 3.04. The summed E-state index contributed by atoms with van der Waals surface area (Å²) in [6.07, 6.45) is 3.77. The number of Topliss-reactive ketones (excluding diaryl/α,β-unsaturated/α-hetero) is 2. The highest BCUT2D eigenvalue weighted by molar-refractivity contribution is 6.23. The normalized spacial score (nSPS) is 15.3. The monoisotopic (exact) mass is 310 g/mol. The molecule has 1 aliphatic carbocycles. The van der Waals surface area contributed by atoms with E-state index in [2.05, 4.69) is 24.5 Å². The maximum absolute atomic E-state index is 12.5. The molecule has 0 aliphatic heterocycles. The first kappa shape index (κ1) is 18.1. The summed E-state index contributed by atoms with van der Waals surface area (Å²) in [5, 5.41) is 6.00. The zero-order valence-electron chi connectivity index (χ0n) is 13.9. The lowest BCUT2D eigenvalue weighted by atomic mass is 10.0. The van der Waals surface area contributed by atoms with Crippen molar-refractivity contribution >= 4 is 11.6 Å². The van der Waals surface area contributed by atoms with Crippen LogP contribution in [0.15, 0.2) is 22.9 Å². The van der Waals surface area contributed by atoms with Crippen LogP contribution >= 0.6 is 0 Å². The van der Waals surface area contributed by atoms with Gasteiger partial charge in [-0.1, -0.05) is 26.7 Å². The molecule has 0 unspecified atom stereocenters. The van der Waals surface area contributed by atoms with Crippen LogP contribution < -0.4 is 10.6 Å². The van der Waals surface area contributed by atoms with Crippen LogP contribution in [0.3, 0.4) is 0 Å². The number of ether oxygens (including phenoxy) is 2. The van der Waals surface area contributed by atoms with Gasteiger partial charge in [0.2, 0.25) is 11.6 Å². The lowest BCUT2D eigenvalue weighted by Gasteiger charge is -2.23. The molecule has 0 heterocycles. The molecule has 0 aromatic rings. The first-order chi connectivity index (χ1) is 10.6. The van der Waals surface area contributed by atoms with Gasteiger partial charge in [-0.15, -0.1) is 0 Å². The van der Waals surface area contributed by atoms with Crippen molar-refractivity contribution in [1.82, 2.24) is 10.6 Å². The SMILES string of the molecule is CCCCNC1=C(OC)C(=O)C(NCCCC)=C(OC)C1=O. The average molecular weight is 310 g/mol. The standard InChI is InChI=1S/C16H26N2O4/c1-5-7-9-17-11-13(19)16(22-4)12(18-10-8-6-2)14(20)15(11)21-3/h17-18H,5-10H2,1-4H3. The minimum absolute atomic E-state index is 0.0425.